The van der Waals surface area contributed by atoms with Gasteiger partial charge in [0.2, 0.25) is 0 Å². The molecule has 4 rings (SSSR count). The Morgan fingerprint density at radius 3 is 2.42 bits per heavy atom. The molecule has 2 aromatic rings. The maximum Gasteiger partial charge on any atom is 0.417 e. The molecule has 1 unspecified atom stereocenters. The van der Waals surface area contributed by atoms with E-state index in [1.54, 1.807) is 6.07 Å². The average molecular weight is 432 g/mol. The summed E-state index contributed by atoms with van der Waals surface area (Å²) in [7, 11) is 0. The second-order valence-corrected chi connectivity index (χ2v) is 8.80. The molecule has 1 fully saturated rings. The molecule has 164 valence electrons. The quantitative estimate of drug-likeness (QED) is 0.707. The standard InChI is InChI=1S/C24H23F3O4/c1-14(15-5-3-2-4-6-15)23-10-9-22(31,24(25,26)27)13-17(23)12-20(28)18-11-16(21(29)30)7-8-19(18)23/h2-8,11,14,17,31H,9-10,12-13H2,1H3,(H,29,30)/t14?,17-,22-,23-/m1/s1. The van der Waals surface area contributed by atoms with Crippen LogP contribution in [-0.4, -0.2) is 33.7 Å². The Bertz CT molecular complexity index is 1030. The highest BCUT2D eigenvalue weighted by Gasteiger charge is 2.63. The van der Waals surface area contributed by atoms with Gasteiger partial charge < -0.3 is 10.2 Å². The summed E-state index contributed by atoms with van der Waals surface area (Å²) in [4.78, 5) is 24.4. The smallest absolute Gasteiger partial charge is 0.417 e. The van der Waals surface area contributed by atoms with Gasteiger partial charge in [-0.1, -0.05) is 43.3 Å². The number of halogens is 3. The Hall–Kier alpha value is -2.67. The lowest BCUT2D eigenvalue weighted by atomic mass is 9.49. The van der Waals surface area contributed by atoms with Gasteiger partial charge in [-0.3, -0.25) is 4.79 Å². The minimum absolute atomic E-state index is 0.0318. The summed E-state index contributed by atoms with van der Waals surface area (Å²) in [6.45, 7) is 1.94. The monoisotopic (exact) mass is 432 g/mol. The number of rotatable bonds is 3. The zero-order chi connectivity index (χ0) is 22.6. The van der Waals surface area contributed by atoms with Crippen molar-refractivity contribution < 1.29 is 33.0 Å². The lowest BCUT2D eigenvalue weighted by molar-refractivity contribution is -0.279. The van der Waals surface area contributed by atoms with Crippen molar-refractivity contribution in [1.82, 2.24) is 0 Å². The molecule has 0 bridgehead atoms. The van der Waals surface area contributed by atoms with E-state index in [1.807, 2.05) is 37.3 Å². The number of ketones is 1. The predicted molar refractivity (Wildman–Crippen MR) is 107 cm³/mol. The molecule has 0 aliphatic heterocycles. The SMILES string of the molecule is CC(c1ccccc1)[C@]12CC[C@](O)(C(F)(F)F)C[C@H]1CC(=O)c1cc(C(=O)O)ccc12. The number of Topliss-reactive ketones (excluding diaryl/α,β-unsaturated/α-hetero) is 1. The third-order valence-corrected chi connectivity index (χ3v) is 7.36. The van der Waals surface area contributed by atoms with E-state index >= 15 is 0 Å². The molecule has 0 saturated heterocycles. The average Bonchev–Trinajstić information content (AvgIpc) is 2.73. The van der Waals surface area contributed by atoms with Gasteiger partial charge in [-0.15, -0.1) is 0 Å². The Kier molecular flexibility index (Phi) is 5.00. The van der Waals surface area contributed by atoms with Gasteiger partial charge in [0.05, 0.1) is 5.56 Å². The Labute approximate surface area is 177 Å². The molecule has 31 heavy (non-hydrogen) atoms. The van der Waals surface area contributed by atoms with Crippen molar-refractivity contribution in [2.24, 2.45) is 5.92 Å². The van der Waals surface area contributed by atoms with Crippen molar-refractivity contribution in [3.63, 3.8) is 0 Å². The number of hydrogen-bond donors (Lipinski definition) is 2. The summed E-state index contributed by atoms with van der Waals surface area (Å²) >= 11 is 0. The van der Waals surface area contributed by atoms with E-state index in [2.05, 4.69) is 0 Å². The number of aromatic carboxylic acids is 1. The minimum atomic E-state index is -4.79. The molecule has 0 aromatic heterocycles. The number of fused-ring (bicyclic) bond motifs is 3. The van der Waals surface area contributed by atoms with Crippen LogP contribution in [0.1, 0.15) is 70.4 Å². The van der Waals surface area contributed by atoms with E-state index in [9.17, 15) is 33.0 Å². The van der Waals surface area contributed by atoms with Gasteiger partial charge in [-0.2, -0.15) is 13.2 Å². The summed E-state index contributed by atoms with van der Waals surface area (Å²) < 4.78 is 41.0. The summed E-state index contributed by atoms with van der Waals surface area (Å²) in [5.74, 6) is -2.51. The highest BCUT2D eigenvalue weighted by molar-refractivity contribution is 6.02. The summed E-state index contributed by atoms with van der Waals surface area (Å²) in [6.07, 6.45) is -5.94. The number of carboxylic acids is 1. The molecule has 7 heteroatoms. The van der Waals surface area contributed by atoms with E-state index < -0.39 is 41.9 Å². The van der Waals surface area contributed by atoms with Crippen LogP contribution in [0.15, 0.2) is 48.5 Å². The Morgan fingerprint density at radius 1 is 1.13 bits per heavy atom. The third kappa shape index (κ3) is 3.26. The third-order valence-electron chi connectivity index (χ3n) is 7.36. The van der Waals surface area contributed by atoms with E-state index in [0.717, 1.165) is 5.56 Å². The van der Waals surface area contributed by atoms with Crippen molar-refractivity contribution in [3.05, 3.63) is 70.8 Å². The van der Waals surface area contributed by atoms with Crippen LogP contribution in [-0.2, 0) is 5.41 Å². The molecule has 1 saturated carbocycles. The van der Waals surface area contributed by atoms with Crippen LogP contribution in [0.4, 0.5) is 13.2 Å². The fourth-order valence-corrected chi connectivity index (χ4v) is 5.67. The number of hydrogen-bond acceptors (Lipinski definition) is 3. The molecule has 0 heterocycles. The van der Waals surface area contributed by atoms with Gasteiger partial charge in [0, 0.05) is 17.4 Å². The van der Waals surface area contributed by atoms with E-state index in [-0.39, 0.29) is 35.7 Å². The molecule has 2 aliphatic carbocycles. The van der Waals surface area contributed by atoms with Crippen LogP contribution in [0, 0.1) is 5.92 Å². The van der Waals surface area contributed by atoms with Crippen LogP contribution in [0.25, 0.3) is 0 Å². The Morgan fingerprint density at radius 2 is 1.81 bits per heavy atom. The first-order valence-corrected chi connectivity index (χ1v) is 10.2. The predicted octanol–water partition coefficient (Wildman–Crippen LogP) is 5.11. The molecular formula is C24H23F3O4. The fourth-order valence-electron chi connectivity index (χ4n) is 5.67. The number of carboxylic acid groups (broad SMARTS) is 1. The first-order valence-electron chi connectivity index (χ1n) is 10.2. The molecular weight excluding hydrogens is 409 g/mol. The van der Waals surface area contributed by atoms with Crippen LogP contribution < -0.4 is 0 Å². The minimum Gasteiger partial charge on any atom is -0.478 e. The molecule has 4 nitrogen and oxygen atoms in total. The zero-order valence-electron chi connectivity index (χ0n) is 16.9. The van der Waals surface area contributed by atoms with E-state index in [4.69, 9.17) is 0 Å². The Balaban J connectivity index is 1.91. The molecule has 0 spiro atoms. The maximum absolute atomic E-state index is 13.7. The normalized spacial score (nSPS) is 29.1. The molecule has 2 N–H and O–H groups in total. The van der Waals surface area contributed by atoms with Gasteiger partial charge in [0.25, 0.3) is 0 Å². The summed E-state index contributed by atoms with van der Waals surface area (Å²) in [5, 5.41) is 19.8. The van der Waals surface area contributed by atoms with Crippen molar-refractivity contribution in [2.45, 2.75) is 55.7 Å². The van der Waals surface area contributed by atoms with Gasteiger partial charge in [0.15, 0.2) is 11.4 Å². The van der Waals surface area contributed by atoms with Gasteiger partial charge in [-0.05, 0) is 54.4 Å². The number of alkyl halides is 3. The first-order chi connectivity index (χ1) is 14.5. The van der Waals surface area contributed by atoms with Crippen molar-refractivity contribution in [2.75, 3.05) is 0 Å². The largest absolute Gasteiger partial charge is 0.478 e. The second-order valence-electron chi connectivity index (χ2n) is 8.80. The molecule has 0 radical (unpaired) electrons. The van der Waals surface area contributed by atoms with Gasteiger partial charge >= 0.3 is 12.1 Å². The number of aliphatic hydroxyl groups is 1. The zero-order valence-corrected chi connectivity index (χ0v) is 16.9. The molecule has 0 amide bonds. The first kappa shape index (κ1) is 21.6. The number of carbonyl (C=O) groups excluding carboxylic acids is 1. The molecule has 2 aromatic carbocycles. The van der Waals surface area contributed by atoms with Gasteiger partial charge in [0.1, 0.15) is 0 Å². The van der Waals surface area contributed by atoms with Crippen molar-refractivity contribution in [1.29, 1.82) is 0 Å². The van der Waals surface area contributed by atoms with Gasteiger partial charge in [-0.25, -0.2) is 4.79 Å². The second kappa shape index (κ2) is 7.19. The van der Waals surface area contributed by atoms with Crippen LogP contribution >= 0.6 is 0 Å². The lowest BCUT2D eigenvalue weighted by Crippen LogP contribution is -2.58. The number of benzene rings is 2. The van der Waals surface area contributed by atoms with Crippen LogP contribution in [0.3, 0.4) is 0 Å². The van der Waals surface area contributed by atoms with E-state index in [1.165, 1.54) is 12.1 Å². The van der Waals surface area contributed by atoms with Crippen LogP contribution in [0.2, 0.25) is 0 Å². The maximum atomic E-state index is 13.7. The lowest BCUT2D eigenvalue weighted by Gasteiger charge is -2.55. The van der Waals surface area contributed by atoms with Crippen molar-refractivity contribution >= 4 is 11.8 Å². The summed E-state index contributed by atoms with van der Waals surface area (Å²) in [5.41, 5.74) is -1.92. The highest BCUT2D eigenvalue weighted by Crippen LogP contribution is 2.60. The summed E-state index contributed by atoms with van der Waals surface area (Å²) in [6, 6.07) is 13.7. The van der Waals surface area contributed by atoms with E-state index in [0.29, 0.717) is 5.56 Å². The highest BCUT2D eigenvalue weighted by atomic mass is 19.4. The molecule has 2 aliphatic rings. The molecule has 4 atom stereocenters. The fraction of sp³-hybridized carbons (Fsp3) is 0.417. The topological polar surface area (TPSA) is 74.6 Å². The van der Waals surface area contributed by atoms with Crippen molar-refractivity contribution in [3.8, 4) is 0 Å². The number of carbonyl (C=O) groups is 2. The van der Waals surface area contributed by atoms with Crippen LogP contribution in [0.5, 0.6) is 0 Å².